The van der Waals surface area contributed by atoms with Gasteiger partial charge in [-0.15, -0.1) is 0 Å². The van der Waals surface area contributed by atoms with Gasteiger partial charge in [-0.3, -0.25) is 4.79 Å². The van der Waals surface area contributed by atoms with Gasteiger partial charge in [-0.05, 0) is 24.6 Å². The predicted octanol–water partition coefficient (Wildman–Crippen LogP) is 4.72. The van der Waals surface area contributed by atoms with Gasteiger partial charge in [0.2, 0.25) is 5.43 Å². The van der Waals surface area contributed by atoms with Gasteiger partial charge in [-0.2, -0.15) is 0 Å². The molecule has 0 unspecified atom stereocenters. The smallest absolute Gasteiger partial charge is 0.341 e. The SMILES string of the molecule is CC.CCC.Cc1cccc(Nc2cc3c(=O)c(C(=O)O)cn(CCO)c3cn2)c1F. The van der Waals surface area contributed by atoms with Crippen LogP contribution in [0, 0.1) is 12.7 Å². The fraction of sp³-hybridized carbons (Fsp3) is 0.348. The molecule has 0 atom stereocenters. The Labute approximate surface area is 181 Å². The van der Waals surface area contributed by atoms with Crippen molar-refractivity contribution in [3.8, 4) is 0 Å². The largest absolute Gasteiger partial charge is 0.477 e. The minimum Gasteiger partial charge on any atom is -0.477 e. The third kappa shape index (κ3) is 6.36. The number of nitrogens with zero attached hydrogens (tertiary/aromatic N) is 2. The summed E-state index contributed by atoms with van der Waals surface area (Å²) >= 11 is 0. The number of carboxylic acids is 1. The fourth-order valence-electron chi connectivity index (χ4n) is 2.68. The lowest BCUT2D eigenvalue weighted by molar-refractivity contribution is 0.0694. The van der Waals surface area contributed by atoms with Crippen molar-refractivity contribution in [1.29, 1.82) is 0 Å². The van der Waals surface area contributed by atoms with E-state index >= 15 is 0 Å². The van der Waals surface area contributed by atoms with Crippen molar-refractivity contribution in [2.45, 2.75) is 47.6 Å². The number of halogens is 1. The molecule has 0 saturated heterocycles. The minimum absolute atomic E-state index is 0.109. The zero-order valence-electron chi connectivity index (χ0n) is 18.6. The summed E-state index contributed by atoms with van der Waals surface area (Å²) in [4.78, 5) is 28.0. The summed E-state index contributed by atoms with van der Waals surface area (Å²) in [5, 5.41) is 21.3. The highest BCUT2D eigenvalue weighted by molar-refractivity contribution is 5.93. The van der Waals surface area contributed by atoms with Crippen LogP contribution >= 0.6 is 0 Å². The predicted molar refractivity (Wildman–Crippen MR) is 122 cm³/mol. The first-order valence-electron chi connectivity index (χ1n) is 10.2. The summed E-state index contributed by atoms with van der Waals surface area (Å²) in [5.74, 6) is -1.59. The maximum Gasteiger partial charge on any atom is 0.341 e. The molecule has 3 rings (SSSR count). The molecule has 8 heteroatoms. The number of hydrogen-bond acceptors (Lipinski definition) is 5. The van der Waals surface area contributed by atoms with Crippen molar-refractivity contribution in [1.82, 2.24) is 9.55 Å². The molecule has 0 bridgehead atoms. The Morgan fingerprint density at radius 2 is 1.90 bits per heavy atom. The van der Waals surface area contributed by atoms with Crippen LogP contribution in [0.3, 0.4) is 0 Å². The third-order valence-electron chi connectivity index (χ3n) is 3.99. The number of aromatic carboxylic acids is 1. The number of carboxylic acid groups (broad SMARTS) is 1. The average molecular weight is 432 g/mol. The van der Waals surface area contributed by atoms with E-state index in [0.717, 1.165) is 0 Å². The molecule has 0 spiro atoms. The number of fused-ring (bicyclic) bond motifs is 1. The van der Waals surface area contributed by atoms with Crippen LogP contribution in [-0.2, 0) is 6.54 Å². The van der Waals surface area contributed by atoms with Crippen LogP contribution in [0.1, 0.15) is 50.0 Å². The van der Waals surface area contributed by atoms with Gasteiger partial charge in [0.25, 0.3) is 0 Å². The summed E-state index contributed by atoms with van der Waals surface area (Å²) < 4.78 is 15.6. The quantitative estimate of drug-likeness (QED) is 0.540. The molecule has 3 N–H and O–H groups in total. The number of anilines is 2. The molecule has 0 aliphatic carbocycles. The Morgan fingerprint density at radius 3 is 2.48 bits per heavy atom. The lowest BCUT2D eigenvalue weighted by Crippen LogP contribution is -2.20. The number of nitrogens with one attached hydrogen (secondary N) is 1. The molecule has 3 aromatic rings. The molecule has 31 heavy (non-hydrogen) atoms. The molecule has 7 nitrogen and oxygen atoms in total. The van der Waals surface area contributed by atoms with E-state index in [4.69, 9.17) is 5.11 Å². The van der Waals surface area contributed by atoms with Crippen LogP contribution in [0.5, 0.6) is 0 Å². The maximum absolute atomic E-state index is 14.2. The van der Waals surface area contributed by atoms with Gasteiger partial charge in [0.15, 0.2) is 0 Å². The zero-order valence-corrected chi connectivity index (χ0v) is 18.6. The Kier molecular flexibility index (Phi) is 10.3. The molecule has 1 aromatic carbocycles. The maximum atomic E-state index is 14.2. The number of aryl methyl sites for hydroxylation is 1. The Balaban J connectivity index is 0.000000884. The highest BCUT2D eigenvalue weighted by Gasteiger charge is 2.16. The van der Waals surface area contributed by atoms with E-state index < -0.39 is 22.8 Å². The highest BCUT2D eigenvalue weighted by atomic mass is 19.1. The molecular formula is C23H30FN3O4. The lowest BCUT2D eigenvalue weighted by atomic mass is 10.1. The van der Waals surface area contributed by atoms with Crippen molar-refractivity contribution in [3.05, 3.63) is 63.8 Å². The van der Waals surface area contributed by atoms with Gasteiger partial charge >= 0.3 is 5.97 Å². The van der Waals surface area contributed by atoms with Crippen molar-refractivity contribution >= 4 is 28.4 Å². The van der Waals surface area contributed by atoms with Crippen LogP contribution in [0.2, 0.25) is 0 Å². The van der Waals surface area contributed by atoms with E-state index in [9.17, 15) is 19.1 Å². The average Bonchev–Trinajstić information content (AvgIpc) is 2.75. The summed E-state index contributed by atoms with van der Waals surface area (Å²) in [6, 6.07) is 6.21. The summed E-state index contributed by atoms with van der Waals surface area (Å²) in [6.45, 7) is 9.75. The van der Waals surface area contributed by atoms with Gasteiger partial charge in [-0.1, -0.05) is 46.2 Å². The highest BCUT2D eigenvalue weighted by Crippen LogP contribution is 2.23. The van der Waals surface area contributed by atoms with Gasteiger partial charge in [0.05, 0.1) is 29.4 Å². The molecule has 0 saturated carbocycles. The van der Waals surface area contributed by atoms with E-state index in [-0.39, 0.29) is 30.0 Å². The number of aliphatic hydroxyl groups excluding tert-OH is 1. The molecule has 168 valence electrons. The first-order chi connectivity index (χ1) is 14.8. The van der Waals surface area contributed by atoms with E-state index in [1.165, 1.54) is 35.5 Å². The van der Waals surface area contributed by atoms with Crippen LogP contribution < -0.4 is 10.7 Å². The molecule has 0 amide bonds. The van der Waals surface area contributed by atoms with Crippen LogP contribution in [0.4, 0.5) is 15.9 Å². The molecule has 2 aromatic heterocycles. The van der Waals surface area contributed by atoms with E-state index in [2.05, 4.69) is 24.1 Å². The number of carbonyl (C=O) groups is 1. The van der Waals surface area contributed by atoms with E-state index in [1.54, 1.807) is 19.1 Å². The number of aliphatic hydroxyl groups is 1. The van der Waals surface area contributed by atoms with Gasteiger partial charge in [0, 0.05) is 12.7 Å². The van der Waals surface area contributed by atoms with Gasteiger partial charge < -0.3 is 20.1 Å². The first-order valence-corrected chi connectivity index (χ1v) is 10.2. The molecule has 0 aliphatic rings. The minimum atomic E-state index is -1.36. The lowest BCUT2D eigenvalue weighted by Gasteiger charge is -2.13. The Bertz CT molecular complexity index is 1080. The normalized spacial score (nSPS) is 9.90. The summed E-state index contributed by atoms with van der Waals surface area (Å²) in [6.07, 6.45) is 3.81. The van der Waals surface area contributed by atoms with Crippen LogP contribution in [0.25, 0.3) is 10.9 Å². The van der Waals surface area contributed by atoms with E-state index in [0.29, 0.717) is 11.1 Å². The van der Waals surface area contributed by atoms with Gasteiger partial charge in [-0.25, -0.2) is 14.2 Å². The first kappa shape index (κ1) is 25.8. The van der Waals surface area contributed by atoms with Crippen molar-refractivity contribution < 1.29 is 19.4 Å². The van der Waals surface area contributed by atoms with Gasteiger partial charge in [0.1, 0.15) is 17.2 Å². The number of aromatic nitrogens is 2. The summed E-state index contributed by atoms with van der Waals surface area (Å²) in [7, 11) is 0. The number of benzene rings is 1. The molecule has 0 radical (unpaired) electrons. The second-order valence-corrected chi connectivity index (χ2v) is 6.45. The van der Waals surface area contributed by atoms with Crippen molar-refractivity contribution in [3.63, 3.8) is 0 Å². The van der Waals surface area contributed by atoms with Crippen molar-refractivity contribution in [2.75, 3.05) is 11.9 Å². The van der Waals surface area contributed by atoms with Crippen LogP contribution in [-0.4, -0.2) is 32.3 Å². The monoisotopic (exact) mass is 431 g/mol. The van der Waals surface area contributed by atoms with Crippen LogP contribution in [0.15, 0.2) is 41.5 Å². The molecule has 2 heterocycles. The summed E-state index contributed by atoms with van der Waals surface area (Å²) in [5.41, 5.74) is -0.0535. The Hall–Kier alpha value is -3.26. The molecule has 0 fully saturated rings. The Morgan fingerprint density at radius 1 is 1.26 bits per heavy atom. The molecule has 0 aliphatic heterocycles. The fourth-order valence-corrected chi connectivity index (χ4v) is 2.68. The second-order valence-electron chi connectivity index (χ2n) is 6.45. The topological polar surface area (TPSA) is 104 Å². The van der Waals surface area contributed by atoms with E-state index in [1.807, 2.05) is 13.8 Å². The third-order valence-corrected chi connectivity index (χ3v) is 3.99. The molecular weight excluding hydrogens is 401 g/mol. The number of pyridine rings is 2. The second kappa shape index (κ2) is 12.4. The number of hydrogen-bond donors (Lipinski definition) is 3. The van der Waals surface area contributed by atoms with Crippen molar-refractivity contribution in [2.24, 2.45) is 0 Å². The zero-order chi connectivity index (χ0) is 23.6. The number of rotatable bonds is 5. The standard InChI is InChI=1S/C18H16FN3O4.C3H8.C2H6/c1-10-3-2-4-13(16(10)19)21-15-7-11-14(8-20-15)22(5-6-23)9-12(17(11)24)18(25)26;1-3-2;1-2/h2-4,7-9,23H,5-6H2,1H3,(H,20,21)(H,25,26);3H2,1-2H3;1-2H3.